The number of hydrogen-bond donors (Lipinski definition) is 1. The maximum absolute atomic E-state index is 12.0. The van der Waals surface area contributed by atoms with Gasteiger partial charge in [0.25, 0.3) is 0 Å². The molecule has 0 atom stereocenters. The molecule has 24 heavy (non-hydrogen) atoms. The van der Waals surface area contributed by atoms with E-state index in [0.717, 1.165) is 31.4 Å². The minimum Gasteiger partial charge on any atom is -0.494 e. The van der Waals surface area contributed by atoms with Crippen molar-refractivity contribution in [3.8, 4) is 5.75 Å². The summed E-state index contributed by atoms with van der Waals surface area (Å²) in [4.78, 5) is 26.1. The number of unbranched alkanes of at least 4 members (excludes halogenated alkanes) is 3. The van der Waals surface area contributed by atoms with Gasteiger partial charge in [0.05, 0.1) is 13.7 Å². The lowest BCUT2D eigenvalue weighted by Gasteiger charge is -2.05. The number of para-hydroxylation sites is 1. The number of benzene rings is 1. The zero-order valence-corrected chi connectivity index (χ0v) is 13.9. The summed E-state index contributed by atoms with van der Waals surface area (Å²) in [6, 6.07) is 11.3. The van der Waals surface area contributed by atoms with Gasteiger partial charge >= 0.3 is 5.97 Å². The Hall–Kier alpha value is -2.56. The SMILES string of the molecule is COC(=O)c1cc(C(=O)CCCCCCOc2ccccc2)c[nH]1. The van der Waals surface area contributed by atoms with E-state index in [1.165, 1.54) is 7.11 Å². The molecule has 1 N–H and O–H groups in total. The third-order valence-corrected chi connectivity index (χ3v) is 3.72. The number of carbonyl (C=O) groups is 2. The molecule has 1 aromatic heterocycles. The number of ketones is 1. The fraction of sp³-hybridized carbons (Fsp3) is 0.368. The number of nitrogens with one attached hydrogen (secondary N) is 1. The number of esters is 1. The van der Waals surface area contributed by atoms with E-state index >= 15 is 0 Å². The average Bonchev–Trinajstić information content (AvgIpc) is 3.11. The first-order valence-electron chi connectivity index (χ1n) is 8.18. The Labute approximate surface area is 142 Å². The molecule has 0 fully saturated rings. The predicted molar refractivity (Wildman–Crippen MR) is 91.5 cm³/mol. The van der Waals surface area contributed by atoms with Gasteiger partial charge < -0.3 is 14.5 Å². The first kappa shape index (κ1) is 17.8. The highest BCUT2D eigenvalue weighted by atomic mass is 16.5. The molecule has 0 saturated heterocycles. The normalized spacial score (nSPS) is 10.4. The van der Waals surface area contributed by atoms with Crippen LogP contribution in [0.2, 0.25) is 0 Å². The molecule has 0 bridgehead atoms. The summed E-state index contributed by atoms with van der Waals surface area (Å²) in [5.74, 6) is 0.468. The van der Waals surface area contributed by atoms with Crippen LogP contribution in [-0.2, 0) is 4.74 Å². The number of aromatic nitrogens is 1. The van der Waals surface area contributed by atoms with Gasteiger partial charge in [0, 0.05) is 18.2 Å². The van der Waals surface area contributed by atoms with Crippen LogP contribution in [0.5, 0.6) is 5.75 Å². The summed E-state index contributed by atoms with van der Waals surface area (Å²) in [6.45, 7) is 0.693. The topological polar surface area (TPSA) is 68.4 Å². The summed E-state index contributed by atoms with van der Waals surface area (Å²) in [5, 5.41) is 0. The Bertz CT molecular complexity index is 648. The molecule has 0 saturated carbocycles. The van der Waals surface area contributed by atoms with Gasteiger partial charge in [-0.05, 0) is 31.0 Å². The van der Waals surface area contributed by atoms with Crippen LogP contribution < -0.4 is 4.74 Å². The molecule has 2 rings (SSSR count). The van der Waals surface area contributed by atoms with Crippen molar-refractivity contribution in [3.63, 3.8) is 0 Å². The van der Waals surface area contributed by atoms with Crippen molar-refractivity contribution in [2.24, 2.45) is 0 Å². The molecule has 1 aromatic carbocycles. The summed E-state index contributed by atoms with van der Waals surface area (Å²) in [5.41, 5.74) is 0.835. The maximum atomic E-state index is 12.0. The van der Waals surface area contributed by atoms with Gasteiger partial charge in [-0.25, -0.2) is 4.79 Å². The monoisotopic (exact) mass is 329 g/mol. The number of Topliss-reactive ketones (excluding diaryl/α,β-unsaturated/α-hetero) is 1. The van der Waals surface area contributed by atoms with Crippen LogP contribution in [0.15, 0.2) is 42.6 Å². The summed E-state index contributed by atoms with van der Waals surface area (Å²) >= 11 is 0. The minimum absolute atomic E-state index is 0.0435. The number of H-pyrrole nitrogens is 1. The Morgan fingerprint density at radius 1 is 1.04 bits per heavy atom. The largest absolute Gasteiger partial charge is 0.494 e. The fourth-order valence-electron chi connectivity index (χ4n) is 2.38. The van der Waals surface area contributed by atoms with Crippen LogP contribution in [0.1, 0.15) is 53.0 Å². The van der Waals surface area contributed by atoms with Crippen molar-refractivity contribution in [1.82, 2.24) is 4.98 Å². The van der Waals surface area contributed by atoms with E-state index < -0.39 is 5.97 Å². The molecule has 0 aliphatic rings. The quantitative estimate of drug-likeness (QED) is 0.406. The van der Waals surface area contributed by atoms with E-state index in [1.54, 1.807) is 12.3 Å². The number of ether oxygens (including phenoxy) is 2. The van der Waals surface area contributed by atoms with Gasteiger partial charge in [-0.15, -0.1) is 0 Å². The second-order valence-corrected chi connectivity index (χ2v) is 5.54. The van der Waals surface area contributed by atoms with Gasteiger partial charge in [0.15, 0.2) is 5.78 Å². The number of aromatic amines is 1. The van der Waals surface area contributed by atoms with Crippen LogP contribution in [0, 0.1) is 0 Å². The van der Waals surface area contributed by atoms with E-state index in [2.05, 4.69) is 9.72 Å². The maximum Gasteiger partial charge on any atom is 0.354 e. The lowest BCUT2D eigenvalue weighted by Crippen LogP contribution is -2.01. The van der Waals surface area contributed by atoms with Crippen molar-refractivity contribution < 1.29 is 19.1 Å². The first-order chi connectivity index (χ1) is 11.7. The zero-order chi connectivity index (χ0) is 17.2. The van der Waals surface area contributed by atoms with Crippen molar-refractivity contribution in [2.75, 3.05) is 13.7 Å². The van der Waals surface area contributed by atoms with Gasteiger partial charge in [-0.3, -0.25) is 4.79 Å². The summed E-state index contributed by atoms with van der Waals surface area (Å²) in [6.07, 6.45) is 5.86. The first-order valence-corrected chi connectivity index (χ1v) is 8.18. The highest BCUT2D eigenvalue weighted by Crippen LogP contribution is 2.13. The molecule has 1 heterocycles. The molecule has 0 aliphatic heterocycles. The second kappa shape index (κ2) is 9.55. The molecule has 0 radical (unpaired) electrons. The third-order valence-electron chi connectivity index (χ3n) is 3.72. The van der Waals surface area contributed by atoms with E-state index in [9.17, 15) is 9.59 Å². The van der Waals surface area contributed by atoms with Crippen LogP contribution in [0.3, 0.4) is 0 Å². The Kier molecular flexibility index (Phi) is 7.08. The number of methoxy groups -OCH3 is 1. The molecule has 5 nitrogen and oxygen atoms in total. The molecule has 2 aromatic rings. The molecule has 128 valence electrons. The van der Waals surface area contributed by atoms with E-state index in [0.29, 0.717) is 24.3 Å². The van der Waals surface area contributed by atoms with Crippen LogP contribution >= 0.6 is 0 Å². The Balaban J connectivity index is 1.58. The molecular weight excluding hydrogens is 306 g/mol. The lowest BCUT2D eigenvalue weighted by molar-refractivity contribution is 0.0595. The van der Waals surface area contributed by atoms with E-state index in [1.807, 2.05) is 30.3 Å². The number of rotatable bonds is 10. The van der Waals surface area contributed by atoms with Crippen LogP contribution in [0.25, 0.3) is 0 Å². The molecule has 0 aliphatic carbocycles. The van der Waals surface area contributed by atoms with E-state index in [-0.39, 0.29) is 5.78 Å². The lowest BCUT2D eigenvalue weighted by atomic mass is 10.1. The highest BCUT2D eigenvalue weighted by molar-refractivity contribution is 5.98. The zero-order valence-electron chi connectivity index (χ0n) is 13.9. The van der Waals surface area contributed by atoms with Gasteiger partial charge in [0.2, 0.25) is 0 Å². The average molecular weight is 329 g/mol. The molecule has 5 heteroatoms. The van der Waals surface area contributed by atoms with Crippen LogP contribution in [0.4, 0.5) is 0 Å². The number of carbonyl (C=O) groups excluding carboxylic acids is 2. The molecule has 0 unspecified atom stereocenters. The van der Waals surface area contributed by atoms with E-state index in [4.69, 9.17) is 4.74 Å². The Morgan fingerprint density at radius 2 is 1.79 bits per heavy atom. The van der Waals surface area contributed by atoms with Crippen molar-refractivity contribution >= 4 is 11.8 Å². The van der Waals surface area contributed by atoms with Crippen LogP contribution in [-0.4, -0.2) is 30.5 Å². The second-order valence-electron chi connectivity index (χ2n) is 5.54. The fourth-order valence-corrected chi connectivity index (χ4v) is 2.38. The van der Waals surface area contributed by atoms with Gasteiger partial charge in [-0.1, -0.05) is 31.0 Å². The molecule has 0 spiro atoms. The standard InChI is InChI=1S/C19H23NO4/c1-23-19(22)17-13-15(14-20-17)18(21)11-7-2-3-8-12-24-16-9-5-4-6-10-16/h4-6,9-10,13-14,20H,2-3,7-8,11-12H2,1H3. The summed E-state index contributed by atoms with van der Waals surface area (Å²) in [7, 11) is 1.31. The van der Waals surface area contributed by atoms with Crippen molar-refractivity contribution in [3.05, 3.63) is 53.9 Å². The molecule has 0 amide bonds. The van der Waals surface area contributed by atoms with Gasteiger partial charge in [-0.2, -0.15) is 0 Å². The van der Waals surface area contributed by atoms with Gasteiger partial charge in [0.1, 0.15) is 11.4 Å². The van der Waals surface area contributed by atoms with Crippen molar-refractivity contribution in [2.45, 2.75) is 32.1 Å². The smallest absolute Gasteiger partial charge is 0.354 e. The predicted octanol–water partition coefficient (Wildman–Crippen LogP) is 4.01. The Morgan fingerprint density at radius 3 is 2.54 bits per heavy atom. The summed E-state index contributed by atoms with van der Waals surface area (Å²) < 4.78 is 10.2. The highest BCUT2D eigenvalue weighted by Gasteiger charge is 2.12. The number of hydrogen-bond acceptors (Lipinski definition) is 4. The van der Waals surface area contributed by atoms with Crippen molar-refractivity contribution in [1.29, 1.82) is 0 Å². The molecular formula is C19H23NO4. The minimum atomic E-state index is -0.465. The third kappa shape index (κ3) is 5.57.